The molecule has 1 N–H and O–H groups in total. The van der Waals surface area contributed by atoms with Crippen LogP contribution in [0.5, 0.6) is 0 Å². The fraction of sp³-hybridized carbons (Fsp3) is 0.412. The Hall–Kier alpha value is -2.06. The molecule has 0 saturated heterocycles. The van der Waals surface area contributed by atoms with Crippen molar-refractivity contribution in [3.63, 3.8) is 0 Å². The molecule has 3 aromatic rings. The van der Waals surface area contributed by atoms with Crippen LogP contribution in [0, 0.1) is 13.8 Å². The fourth-order valence-corrected chi connectivity index (χ4v) is 4.58. The van der Waals surface area contributed by atoms with Gasteiger partial charge in [0.1, 0.15) is 21.3 Å². The van der Waals surface area contributed by atoms with Gasteiger partial charge in [0.25, 0.3) is 0 Å². The predicted octanol–water partition coefficient (Wildman–Crippen LogP) is 3.77. The molecule has 0 radical (unpaired) electrons. The number of methoxy groups -OCH3 is 1. The van der Waals surface area contributed by atoms with E-state index in [1.807, 2.05) is 20.0 Å². The third-order valence-corrected chi connectivity index (χ3v) is 6.22. The van der Waals surface area contributed by atoms with Crippen molar-refractivity contribution in [3.8, 4) is 0 Å². The summed E-state index contributed by atoms with van der Waals surface area (Å²) in [5.74, 6) is 1.10. The average molecular weight is 377 g/mol. The Morgan fingerprint density at radius 2 is 2.08 bits per heavy atom. The van der Waals surface area contributed by atoms with Crippen molar-refractivity contribution in [2.24, 2.45) is 0 Å². The van der Waals surface area contributed by atoms with E-state index >= 15 is 0 Å². The van der Waals surface area contributed by atoms with E-state index in [0.717, 1.165) is 46.0 Å². The van der Waals surface area contributed by atoms with Gasteiger partial charge >= 0.3 is 5.97 Å². The van der Waals surface area contributed by atoms with Crippen molar-refractivity contribution in [1.82, 2.24) is 15.0 Å². The molecule has 132 valence electrons. The van der Waals surface area contributed by atoms with Gasteiger partial charge in [-0.2, -0.15) is 0 Å². The molecule has 0 aliphatic rings. The van der Waals surface area contributed by atoms with Crippen LogP contribution in [0.15, 0.2) is 6.20 Å². The van der Waals surface area contributed by atoms with Gasteiger partial charge in [-0.1, -0.05) is 6.92 Å². The molecule has 3 heterocycles. The molecule has 0 amide bonds. The summed E-state index contributed by atoms with van der Waals surface area (Å²) in [6.45, 7) is 6.62. The second-order valence-electron chi connectivity index (χ2n) is 5.60. The SMILES string of the molecule is CCc1cnc(CCNc2nc(C)nc3sc(C(=O)OC)c(C)c23)s1. The minimum Gasteiger partial charge on any atom is -0.465 e. The molecule has 0 unspecified atom stereocenters. The van der Waals surface area contributed by atoms with Crippen molar-refractivity contribution in [2.75, 3.05) is 19.0 Å². The van der Waals surface area contributed by atoms with Crippen LogP contribution in [-0.2, 0) is 17.6 Å². The standard InChI is InChI=1S/C17H20N4O2S2/c1-5-11-8-19-12(24-11)6-7-18-15-13-9(2)14(17(22)23-4)25-16(13)21-10(3)20-15/h8H,5-7H2,1-4H3,(H,18,20,21). The van der Waals surface area contributed by atoms with Crippen LogP contribution in [-0.4, -0.2) is 34.6 Å². The molecule has 3 rings (SSSR count). The second kappa shape index (κ2) is 7.45. The molecular formula is C17H20N4O2S2. The lowest BCUT2D eigenvalue weighted by molar-refractivity contribution is 0.0605. The Labute approximate surface area is 154 Å². The maximum absolute atomic E-state index is 11.9. The van der Waals surface area contributed by atoms with Gasteiger partial charge in [0.15, 0.2) is 0 Å². The average Bonchev–Trinajstić information content (AvgIpc) is 3.18. The molecule has 6 nitrogen and oxygen atoms in total. The van der Waals surface area contributed by atoms with Gasteiger partial charge in [-0.05, 0) is 25.8 Å². The first-order valence-electron chi connectivity index (χ1n) is 8.07. The van der Waals surface area contributed by atoms with E-state index in [4.69, 9.17) is 4.74 Å². The molecular weight excluding hydrogens is 356 g/mol. The molecule has 8 heteroatoms. The van der Waals surface area contributed by atoms with Gasteiger partial charge in [-0.25, -0.2) is 19.7 Å². The number of nitrogens with one attached hydrogen (secondary N) is 1. The van der Waals surface area contributed by atoms with Crippen LogP contribution < -0.4 is 5.32 Å². The number of carbonyl (C=O) groups is 1. The first kappa shape index (κ1) is 17.8. The smallest absolute Gasteiger partial charge is 0.348 e. The molecule has 0 fully saturated rings. The van der Waals surface area contributed by atoms with Crippen molar-refractivity contribution >= 4 is 44.7 Å². The number of hydrogen-bond donors (Lipinski definition) is 1. The van der Waals surface area contributed by atoms with Crippen LogP contribution in [0.3, 0.4) is 0 Å². The zero-order chi connectivity index (χ0) is 18.0. The normalized spacial score (nSPS) is 11.0. The number of aryl methyl sites for hydroxylation is 3. The summed E-state index contributed by atoms with van der Waals surface area (Å²) in [5.41, 5.74) is 0.858. The number of fused-ring (bicyclic) bond motifs is 1. The minimum atomic E-state index is -0.334. The topological polar surface area (TPSA) is 77.0 Å². The molecule has 25 heavy (non-hydrogen) atoms. The molecule has 0 aliphatic heterocycles. The van der Waals surface area contributed by atoms with Gasteiger partial charge in [0.2, 0.25) is 0 Å². The van der Waals surface area contributed by atoms with Crippen molar-refractivity contribution in [3.05, 3.63) is 32.3 Å². The summed E-state index contributed by atoms with van der Waals surface area (Å²) in [4.78, 5) is 28.1. The predicted molar refractivity (Wildman–Crippen MR) is 102 cm³/mol. The van der Waals surface area contributed by atoms with Gasteiger partial charge in [0.05, 0.1) is 17.5 Å². The summed E-state index contributed by atoms with van der Waals surface area (Å²) in [7, 11) is 1.39. The molecule has 0 spiro atoms. The quantitative estimate of drug-likeness (QED) is 0.660. The van der Waals surface area contributed by atoms with Crippen LogP contribution in [0.25, 0.3) is 10.2 Å². The largest absolute Gasteiger partial charge is 0.465 e. The Bertz CT molecular complexity index is 917. The summed E-state index contributed by atoms with van der Waals surface area (Å²) in [6, 6.07) is 0. The number of ether oxygens (including phenoxy) is 1. The minimum absolute atomic E-state index is 0.334. The zero-order valence-electron chi connectivity index (χ0n) is 14.7. The fourth-order valence-electron chi connectivity index (χ4n) is 2.58. The lowest BCUT2D eigenvalue weighted by atomic mass is 10.2. The number of esters is 1. The van der Waals surface area contributed by atoms with Crippen molar-refractivity contribution in [2.45, 2.75) is 33.6 Å². The van der Waals surface area contributed by atoms with Gasteiger partial charge in [-0.15, -0.1) is 22.7 Å². The van der Waals surface area contributed by atoms with Crippen LogP contribution in [0.4, 0.5) is 5.82 Å². The molecule has 0 atom stereocenters. The van der Waals surface area contributed by atoms with Crippen molar-refractivity contribution < 1.29 is 9.53 Å². The van der Waals surface area contributed by atoms with E-state index in [9.17, 15) is 4.79 Å². The van der Waals surface area contributed by atoms with Crippen LogP contribution >= 0.6 is 22.7 Å². The number of thiazole rings is 1. The molecule has 0 saturated carbocycles. The van der Waals surface area contributed by atoms with E-state index in [1.165, 1.54) is 23.3 Å². The lowest BCUT2D eigenvalue weighted by Crippen LogP contribution is -2.08. The maximum Gasteiger partial charge on any atom is 0.348 e. The summed E-state index contributed by atoms with van der Waals surface area (Å²) in [6.07, 6.45) is 3.79. The highest BCUT2D eigenvalue weighted by atomic mass is 32.1. The lowest BCUT2D eigenvalue weighted by Gasteiger charge is -2.07. The van der Waals surface area contributed by atoms with E-state index in [1.54, 1.807) is 11.3 Å². The van der Waals surface area contributed by atoms with E-state index in [-0.39, 0.29) is 5.97 Å². The summed E-state index contributed by atoms with van der Waals surface area (Å²) >= 11 is 3.09. The Morgan fingerprint density at radius 3 is 2.76 bits per heavy atom. The molecule has 0 aliphatic carbocycles. The zero-order valence-corrected chi connectivity index (χ0v) is 16.3. The third-order valence-electron chi connectivity index (χ3n) is 3.85. The van der Waals surface area contributed by atoms with Crippen LogP contribution in [0.1, 0.15) is 37.9 Å². The molecule has 0 aromatic carbocycles. The second-order valence-corrected chi connectivity index (χ2v) is 7.80. The Morgan fingerprint density at radius 1 is 1.28 bits per heavy atom. The number of carbonyl (C=O) groups excluding carboxylic acids is 1. The molecule has 0 bridgehead atoms. The van der Waals surface area contributed by atoms with Gasteiger partial charge < -0.3 is 10.1 Å². The third kappa shape index (κ3) is 3.64. The number of anilines is 1. The summed E-state index contributed by atoms with van der Waals surface area (Å²) < 4.78 is 4.86. The Balaban J connectivity index is 1.84. The van der Waals surface area contributed by atoms with E-state index in [0.29, 0.717) is 10.7 Å². The highest BCUT2D eigenvalue weighted by Gasteiger charge is 2.20. The number of nitrogens with zero attached hydrogens (tertiary/aromatic N) is 3. The Kier molecular flexibility index (Phi) is 5.29. The maximum atomic E-state index is 11.9. The monoisotopic (exact) mass is 376 g/mol. The number of rotatable bonds is 6. The van der Waals surface area contributed by atoms with E-state index in [2.05, 4.69) is 27.2 Å². The summed E-state index contributed by atoms with van der Waals surface area (Å²) in [5, 5.41) is 5.39. The number of hydrogen-bond acceptors (Lipinski definition) is 8. The first-order chi connectivity index (χ1) is 12.0. The van der Waals surface area contributed by atoms with Gasteiger partial charge in [0, 0.05) is 24.0 Å². The highest BCUT2D eigenvalue weighted by Crippen LogP contribution is 2.34. The van der Waals surface area contributed by atoms with Crippen molar-refractivity contribution in [1.29, 1.82) is 0 Å². The highest BCUT2D eigenvalue weighted by molar-refractivity contribution is 7.20. The van der Waals surface area contributed by atoms with Gasteiger partial charge in [-0.3, -0.25) is 0 Å². The molecule has 3 aromatic heterocycles. The number of aromatic nitrogens is 3. The van der Waals surface area contributed by atoms with E-state index < -0.39 is 0 Å². The first-order valence-corrected chi connectivity index (χ1v) is 9.70. The number of thiophene rings is 1. The van der Waals surface area contributed by atoms with Crippen LogP contribution in [0.2, 0.25) is 0 Å².